The lowest BCUT2D eigenvalue weighted by Crippen LogP contribution is -2.45. The second kappa shape index (κ2) is 4.94. The summed E-state index contributed by atoms with van der Waals surface area (Å²) in [5, 5.41) is 10.3. The molecular weight excluding hydrogens is 168 g/mol. The van der Waals surface area contributed by atoms with Crippen LogP contribution in [0, 0.1) is 5.92 Å². The first kappa shape index (κ1) is 11.0. The number of ether oxygens (including phenoxy) is 2. The van der Waals surface area contributed by atoms with Crippen molar-refractivity contribution < 1.29 is 14.6 Å². The second-order valence-corrected chi connectivity index (χ2v) is 3.72. The molecule has 13 heavy (non-hydrogen) atoms. The highest BCUT2D eigenvalue weighted by molar-refractivity contribution is 4.86. The zero-order valence-corrected chi connectivity index (χ0v) is 8.58. The van der Waals surface area contributed by atoms with Crippen LogP contribution in [0.25, 0.3) is 0 Å². The van der Waals surface area contributed by atoms with E-state index >= 15 is 0 Å². The Morgan fingerprint density at radius 3 is 2.00 bits per heavy atom. The van der Waals surface area contributed by atoms with Gasteiger partial charge in [0.1, 0.15) is 5.60 Å². The first-order valence-electron chi connectivity index (χ1n) is 5.10. The Kier molecular flexibility index (Phi) is 4.16. The molecule has 3 nitrogen and oxygen atoms in total. The summed E-state index contributed by atoms with van der Waals surface area (Å²) in [6.07, 6.45) is 1.94. The van der Waals surface area contributed by atoms with E-state index in [1.807, 2.05) is 0 Å². The monoisotopic (exact) mass is 188 g/mol. The van der Waals surface area contributed by atoms with Crippen molar-refractivity contribution in [2.45, 2.75) is 32.3 Å². The van der Waals surface area contributed by atoms with Crippen molar-refractivity contribution in [1.82, 2.24) is 0 Å². The van der Waals surface area contributed by atoms with E-state index in [2.05, 4.69) is 13.8 Å². The molecule has 78 valence electrons. The van der Waals surface area contributed by atoms with Crippen LogP contribution in [0.2, 0.25) is 0 Å². The van der Waals surface area contributed by atoms with Crippen molar-refractivity contribution in [3.05, 3.63) is 0 Å². The normalized spacial score (nSPS) is 23.1. The quantitative estimate of drug-likeness (QED) is 0.723. The molecule has 1 N–H and O–H groups in total. The molecule has 1 aliphatic rings. The fraction of sp³-hybridized carbons (Fsp3) is 1.00. The molecule has 0 atom stereocenters. The van der Waals surface area contributed by atoms with Gasteiger partial charge in [-0.15, -0.1) is 0 Å². The Morgan fingerprint density at radius 2 is 1.62 bits per heavy atom. The largest absolute Gasteiger partial charge is 0.385 e. The van der Waals surface area contributed by atoms with Crippen molar-refractivity contribution >= 4 is 0 Å². The Balaban J connectivity index is 2.58. The van der Waals surface area contributed by atoms with Gasteiger partial charge in [-0.2, -0.15) is 0 Å². The highest BCUT2D eigenvalue weighted by Crippen LogP contribution is 2.26. The van der Waals surface area contributed by atoms with Gasteiger partial charge in [-0.05, 0) is 5.92 Å². The predicted molar refractivity (Wildman–Crippen MR) is 50.7 cm³/mol. The Labute approximate surface area is 80.0 Å². The number of hydrogen-bond donors (Lipinski definition) is 1. The lowest BCUT2D eigenvalue weighted by molar-refractivity contribution is -0.0972. The van der Waals surface area contributed by atoms with E-state index in [1.165, 1.54) is 0 Å². The zero-order chi connectivity index (χ0) is 9.73. The van der Waals surface area contributed by atoms with Crippen molar-refractivity contribution in [2.24, 2.45) is 5.92 Å². The van der Waals surface area contributed by atoms with Crippen LogP contribution in [-0.2, 0) is 9.47 Å². The van der Waals surface area contributed by atoms with Crippen molar-refractivity contribution in [3.63, 3.8) is 0 Å². The van der Waals surface area contributed by atoms with Gasteiger partial charge in [0.15, 0.2) is 0 Å². The highest BCUT2D eigenvalue weighted by Gasteiger charge is 2.36. The van der Waals surface area contributed by atoms with Gasteiger partial charge in [0.05, 0.1) is 26.4 Å². The van der Waals surface area contributed by atoms with Crippen LogP contribution in [0.1, 0.15) is 26.7 Å². The summed E-state index contributed by atoms with van der Waals surface area (Å²) in [5.41, 5.74) is -0.764. The topological polar surface area (TPSA) is 38.7 Å². The van der Waals surface area contributed by atoms with Crippen molar-refractivity contribution in [2.75, 3.05) is 26.4 Å². The molecule has 0 radical (unpaired) electrons. The van der Waals surface area contributed by atoms with Gasteiger partial charge < -0.3 is 14.6 Å². The molecule has 1 fully saturated rings. The molecule has 1 aliphatic heterocycles. The predicted octanol–water partition coefficient (Wildman–Crippen LogP) is 1.20. The zero-order valence-electron chi connectivity index (χ0n) is 8.58. The smallest absolute Gasteiger partial charge is 0.114 e. The van der Waals surface area contributed by atoms with Crippen LogP contribution in [0.4, 0.5) is 0 Å². The van der Waals surface area contributed by atoms with E-state index in [0.717, 1.165) is 12.8 Å². The SMILES string of the molecule is CCC(CC)C1(O)COCCOC1. The molecule has 1 rings (SSSR count). The first-order valence-corrected chi connectivity index (χ1v) is 5.10. The van der Waals surface area contributed by atoms with Gasteiger partial charge in [-0.1, -0.05) is 26.7 Å². The molecule has 0 amide bonds. The minimum absolute atomic E-state index is 0.283. The van der Waals surface area contributed by atoms with Gasteiger partial charge >= 0.3 is 0 Å². The minimum atomic E-state index is -0.764. The standard InChI is InChI=1S/C10H20O3/c1-3-9(4-2)10(11)7-12-5-6-13-8-10/h9,11H,3-8H2,1-2H3. The average molecular weight is 188 g/mol. The van der Waals surface area contributed by atoms with Gasteiger partial charge in [-0.25, -0.2) is 0 Å². The molecule has 0 aliphatic carbocycles. The second-order valence-electron chi connectivity index (χ2n) is 3.72. The van der Waals surface area contributed by atoms with E-state index < -0.39 is 5.60 Å². The van der Waals surface area contributed by atoms with Crippen LogP contribution in [0.15, 0.2) is 0 Å². The van der Waals surface area contributed by atoms with Crippen LogP contribution in [-0.4, -0.2) is 37.1 Å². The third-order valence-electron chi connectivity index (χ3n) is 2.82. The summed E-state index contributed by atoms with van der Waals surface area (Å²) >= 11 is 0. The maximum absolute atomic E-state index is 10.3. The number of hydrogen-bond acceptors (Lipinski definition) is 3. The molecule has 0 aromatic carbocycles. The number of aliphatic hydroxyl groups is 1. The molecule has 3 heteroatoms. The summed E-state index contributed by atoms with van der Waals surface area (Å²) < 4.78 is 10.6. The van der Waals surface area contributed by atoms with Crippen LogP contribution < -0.4 is 0 Å². The summed E-state index contributed by atoms with van der Waals surface area (Å²) in [7, 11) is 0. The molecule has 1 saturated heterocycles. The van der Waals surface area contributed by atoms with Gasteiger partial charge in [0, 0.05) is 0 Å². The molecule has 0 spiro atoms. The summed E-state index contributed by atoms with van der Waals surface area (Å²) in [5.74, 6) is 0.283. The Morgan fingerprint density at radius 1 is 1.15 bits per heavy atom. The molecule has 0 aromatic rings. The third kappa shape index (κ3) is 2.66. The lowest BCUT2D eigenvalue weighted by Gasteiger charge is -2.33. The van der Waals surface area contributed by atoms with Crippen molar-refractivity contribution in [3.8, 4) is 0 Å². The van der Waals surface area contributed by atoms with E-state index in [4.69, 9.17) is 9.47 Å². The maximum Gasteiger partial charge on any atom is 0.114 e. The van der Waals surface area contributed by atoms with Crippen LogP contribution in [0.3, 0.4) is 0 Å². The van der Waals surface area contributed by atoms with Gasteiger partial charge in [0.25, 0.3) is 0 Å². The molecule has 0 bridgehead atoms. The first-order chi connectivity index (χ1) is 6.23. The highest BCUT2D eigenvalue weighted by atomic mass is 16.6. The molecule has 1 heterocycles. The van der Waals surface area contributed by atoms with E-state index in [-0.39, 0.29) is 5.92 Å². The molecule has 0 unspecified atom stereocenters. The Bertz CT molecular complexity index is 135. The van der Waals surface area contributed by atoms with Crippen LogP contribution >= 0.6 is 0 Å². The summed E-state index contributed by atoms with van der Waals surface area (Å²) in [6, 6.07) is 0. The summed E-state index contributed by atoms with van der Waals surface area (Å²) in [4.78, 5) is 0. The van der Waals surface area contributed by atoms with Gasteiger partial charge in [0.2, 0.25) is 0 Å². The third-order valence-corrected chi connectivity index (χ3v) is 2.82. The van der Waals surface area contributed by atoms with E-state index in [1.54, 1.807) is 0 Å². The Hall–Kier alpha value is -0.120. The van der Waals surface area contributed by atoms with E-state index in [0.29, 0.717) is 26.4 Å². The fourth-order valence-corrected chi connectivity index (χ4v) is 1.94. The molecule has 0 aromatic heterocycles. The van der Waals surface area contributed by atoms with Crippen molar-refractivity contribution in [1.29, 1.82) is 0 Å². The minimum Gasteiger partial charge on any atom is -0.385 e. The average Bonchev–Trinajstić information content (AvgIpc) is 2.33. The van der Waals surface area contributed by atoms with Crippen LogP contribution in [0.5, 0.6) is 0 Å². The summed E-state index contributed by atoms with van der Waals surface area (Å²) in [6.45, 7) is 6.22. The maximum atomic E-state index is 10.3. The lowest BCUT2D eigenvalue weighted by atomic mass is 9.84. The number of rotatable bonds is 3. The molecule has 0 saturated carbocycles. The van der Waals surface area contributed by atoms with E-state index in [9.17, 15) is 5.11 Å². The van der Waals surface area contributed by atoms with Gasteiger partial charge in [-0.3, -0.25) is 0 Å². The fourth-order valence-electron chi connectivity index (χ4n) is 1.94. The molecular formula is C10H20O3.